The quantitative estimate of drug-likeness (QED) is 0.201. The van der Waals surface area contributed by atoms with Gasteiger partial charge in [0.05, 0.1) is 0 Å². The lowest BCUT2D eigenvalue weighted by Gasteiger charge is -2.53. The van der Waals surface area contributed by atoms with Crippen LogP contribution in [0.5, 0.6) is 5.75 Å². The van der Waals surface area contributed by atoms with E-state index in [4.69, 9.17) is 9.47 Å². The van der Waals surface area contributed by atoms with E-state index >= 15 is 0 Å². The van der Waals surface area contributed by atoms with Gasteiger partial charge in [0.1, 0.15) is 18.0 Å². The largest absolute Gasteiger partial charge is 0.507 e. The van der Waals surface area contributed by atoms with Crippen molar-refractivity contribution < 1.29 is 24.2 Å². The first kappa shape index (κ1) is 40.3. The molecule has 274 valence electrons. The number of carbonyl (C=O) groups is 2. The molecule has 2 aliphatic rings. The zero-order valence-corrected chi connectivity index (χ0v) is 33.5. The molecular weight excluding hydrogens is 600 g/mol. The molecule has 1 aromatic rings. The Bertz CT molecular complexity index is 1260. The van der Waals surface area contributed by atoms with Gasteiger partial charge in [0.25, 0.3) is 0 Å². The lowest BCUT2D eigenvalue weighted by atomic mass is 9.73. The van der Waals surface area contributed by atoms with Gasteiger partial charge in [-0.05, 0) is 103 Å². The number of hydrogen-bond donors (Lipinski definition) is 2. The molecule has 3 rings (SSSR count). The average Bonchev–Trinajstić information content (AvgIpc) is 2.86. The summed E-state index contributed by atoms with van der Waals surface area (Å²) in [5.41, 5.74) is -0.646. The van der Waals surface area contributed by atoms with Gasteiger partial charge in [-0.2, -0.15) is 0 Å². The lowest BCUT2D eigenvalue weighted by Crippen LogP contribution is -2.61. The minimum absolute atomic E-state index is 0.147. The van der Waals surface area contributed by atoms with Crippen LogP contribution in [0.15, 0.2) is 12.1 Å². The van der Waals surface area contributed by atoms with Crippen LogP contribution in [0.1, 0.15) is 165 Å². The number of phenolic OH excluding ortho intramolecular Hbond substituents is 1. The standard InChI is InChI=1S/C41H70N2O5/c1-17-18-19-41(33(45)47-28-23-37(8,9)42-38(10,11)24-28,34(46)48-29-25-39(12,13)43(16)40(14,15)26-29)22-27-20-30(35(2,3)4)32(44)31(21-27)36(5,6)7/h20-21,28-29,42,44H,17-19,22-26H2,1-16H3. The number of piperidine rings is 2. The Balaban J connectivity index is 2.19. The van der Waals surface area contributed by atoms with Gasteiger partial charge >= 0.3 is 11.9 Å². The van der Waals surface area contributed by atoms with Crippen LogP contribution in [-0.4, -0.2) is 63.4 Å². The van der Waals surface area contributed by atoms with Crippen molar-refractivity contribution >= 4 is 11.9 Å². The Morgan fingerprint density at radius 1 is 0.792 bits per heavy atom. The third-order valence-electron chi connectivity index (χ3n) is 11.0. The molecule has 0 saturated carbocycles. The number of likely N-dealkylation sites (tertiary alicyclic amines) is 1. The van der Waals surface area contributed by atoms with E-state index in [1.807, 2.05) is 12.1 Å². The van der Waals surface area contributed by atoms with Crippen molar-refractivity contribution in [3.05, 3.63) is 28.8 Å². The minimum atomic E-state index is -1.53. The number of nitrogens with zero attached hydrogens (tertiary/aromatic N) is 1. The number of aromatic hydroxyl groups is 1. The summed E-state index contributed by atoms with van der Waals surface area (Å²) in [5, 5.41) is 15.2. The molecule has 7 nitrogen and oxygen atoms in total. The number of carbonyl (C=O) groups excluding carboxylic acids is 2. The maximum Gasteiger partial charge on any atom is 0.324 e. The molecule has 1 aromatic carbocycles. The van der Waals surface area contributed by atoms with Gasteiger partial charge in [-0.1, -0.05) is 73.4 Å². The zero-order chi connectivity index (χ0) is 36.9. The van der Waals surface area contributed by atoms with Crippen molar-refractivity contribution in [2.75, 3.05) is 7.05 Å². The molecule has 2 saturated heterocycles. The molecule has 48 heavy (non-hydrogen) atoms. The highest BCUT2D eigenvalue weighted by molar-refractivity contribution is 6.00. The maximum absolute atomic E-state index is 14.9. The zero-order valence-electron chi connectivity index (χ0n) is 33.5. The highest BCUT2D eigenvalue weighted by Crippen LogP contribution is 2.44. The Morgan fingerprint density at radius 3 is 1.56 bits per heavy atom. The monoisotopic (exact) mass is 671 g/mol. The van der Waals surface area contributed by atoms with Crippen LogP contribution < -0.4 is 5.32 Å². The first-order valence-electron chi connectivity index (χ1n) is 18.4. The fraction of sp³-hybridized carbons (Fsp3) is 0.805. The third kappa shape index (κ3) is 9.15. The van der Waals surface area contributed by atoms with Gasteiger partial charge in [0.15, 0.2) is 5.41 Å². The van der Waals surface area contributed by atoms with E-state index in [0.717, 1.165) is 23.1 Å². The Morgan fingerprint density at radius 2 is 1.19 bits per heavy atom. The van der Waals surface area contributed by atoms with E-state index in [1.165, 1.54) is 0 Å². The van der Waals surface area contributed by atoms with E-state index in [1.54, 1.807) is 0 Å². The molecule has 2 heterocycles. The predicted molar refractivity (Wildman–Crippen MR) is 197 cm³/mol. The molecule has 1 unspecified atom stereocenters. The van der Waals surface area contributed by atoms with Gasteiger partial charge in [0.2, 0.25) is 0 Å². The summed E-state index contributed by atoms with van der Waals surface area (Å²) < 4.78 is 13.0. The Labute approximate surface area is 293 Å². The summed E-state index contributed by atoms with van der Waals surface area (Å²) in [6, 6.07) is 3.98. The fourth-order valence-electron chi connectivity index (χ4n) is 8.49. The summed E-state index contributed by atoms with van der Waals surface area (Å²) in [6.45, 7) is 31.8. The number of esters is 2. The van der Waals surface area contributed by atoms with Crippen molar-refractivity contribution in [3.8, 4) is 5.75 Å². The van der Waals surface area contributed by atoms with E-state index < -0.39 is 17.4 Å². The molecule has 0 aliphatic carbocycles. The maximum atomic E-state index is 14.9. The topological polar surface area (TPSA) is 88.1 Å². The predicted octanol–water partition coefficient (Wildman–Crippen LogP) is 8.75. The number of unbranched alkanes of at least 4 members (excludes halogenated alkanes) is 1. The SMILES string of the molecule is CCCCC(Cc1cc(C(C)(C)C)c(O)c(C(C)(C)C)c1)(C(=O)OC1CC(C)(C)NC(C)(C)C1)C(=O)OC1CC(C)(C)N(C)C(C)(C)C1. The van der Waals surface area contributed by atoms with Gasteiger partial charge in [-0.25, -0.2) is 0 Å². The van der Waals surface area contributed by atoms with Gasteiger partial charge in [-0.3, -0.25) is 14.5 Å². The van der Waals surface area contributed by atoms with Gasteiger partial charge in [0, 0.05) is 47.8 Å². The summed E-state index contributed by atoms with van der Waals surface area (Å²) >= 11 is 0. The van der Waals surface area contributed by atoms with Crippen molar-refractivity contribution in [3.63, 3.8) is 0 Å². The number of hydrogen-bond acceptors (Lipinski definition) is 7. The summed E-state index contributed by atoms with van der Waals surface area (Å²) in [6.07, 6.45) is 3.95. The van der Waals surface area contributed by atoms with E-state index in [0.29, 0.717) is 38.5 Å². The van der Waals surface area contributed by atoms with Crippen LogP contribution in [0.25, 0.3) is 0 Å². The van der Waals surface area contributed by atoms with Crippen LogP contribution in [0.3, 0.4) is 0 Å². The highest BCUT2D eigenvalue weighted by Gasteiger charge is 2.53. The Kier molecular flexibility index (Phi) is 11.4. The van der Waals surface area contributed by atoms with Crippen LogP contribution in [0.2, 0.25) is 0 Å². The third-order valence-corrected chi connectivity index (χ3v) is 11.0. The molecule has 7 heteroatoms. The van der Waals surface area contributed by atoms with Crippen molar-refractivity contribution in [2.24, 2.45) is 5.41 Å². The molecule has 0 spiro atoms. The number of phenols is 1. The number of rotatable bonds is 9. The average molecular weight is 671 g/mol. The molecule has 0 bridgehead atoms. The second-order valence-corrected chi connectivity index (χ2v) is 19.8. The van der Waals surface area contributed by atoms with Gasteiger partial charge < -0.3 is 19.9 Å². The normalized spacial score (nSPS) is 22.9. The van der Waals surface area contributed by atoms with Crippen molar-refractivity contribution in [1.82, 2.24) is 10.2 Å². The fourth-order valence-corrected chi connectivity index (χ4v) is 8.49. The number of benzene rings is 1. The lowest BCUT2D eigenvalue weighted by molar-refractivity contribution is -0.186. The van der Waals surface area contributed by atoms with Crippen LogP contribution in [0.4, 0.5) is 0 Å². The summed E-state index contributed by atoms with van der Waals surface area (Å²) in [4.78, 5) is 32.2. The second-order valence-electron chi connectivity index (χ2n) is 19.8. The molecule has 0 amide bonds. The number of nitrogens with one attached hydrogen (secondary N) is 1. The van der Waals surface area contributed by atoms with Crippen LogP contribution in [-0.2, 0) is 36.3 Å². The Hall–Kier alpha value is -2.12. The second kappa shape index (κ2) is 13.5. The summed E-state index contributed by atoms with van der Waals surface area (Å²) in [7, 11) is 2.13. The smallest absolute Gasteiger partial charge is 0.324 e. The minimum Gasteiger partial charge on any atom is -0.507 e. The molecule has 0 radical (unpaired) electrons. The molecular formula is C41H70N2O5. The summed E-state index contributed by atoms with van der Waals surface area (Å²) in [5.74, 6) is -0.705. The highest BCUT2D eigenvalue weighted by atomic mass is 16.6. The molecule has 0 aromatic heterocycles. The van der Waals surface area contributed by atoms with Gasteiger partial charge in [-0.15, -0.1) is 0 Å². The molecule has 2 aliphatic heterocycles. The first-order valence-corrected chi connectivity index (χ1v) is 18.4. The van der Waals surface area contributed by atoms with E-state index in [9.17, 15) is 14.7 Å². The molecule has 2 fully saturated rings. The van der Waals surface area contributed by atoms with E-state index in [2.05, 4.69) is 121 Å². The molecule has 1 atom stereocenters. The van der Waals surface area contributed by atoms with Crippen molar-refractivity contribution in [1.29, 1.82) is 0 Å². The van der Waals surface area contributed by atoms with Crippen LogP contribution >= 0.6 is 0 Å². The number of ether oxygens (including phenoxy) is 2. The first-order chi connectivity index (χ1) is 21.6. The molecule has 2 N–H and O–H groups in total. The van der Waals surface area contributed by atoms with Crippen molar-refractivity contribution in [2.45, 2.75) is 200 Å². The van der Waals surface area contributed by atoms with Crippen LogP contribution in [0, 0.1) is 5.41 Å². The van der Waals surface area contributed by atoms with E-state index in [-0.39, 0.29) is 57.4 Å².